The second-order valence-corrected chi connectivity index (χ2v) is 6.77. The zero-order valence-corrected chi connectivity index (χ0v) is 12.9. The molecule has 3 aliphatic rings. The molecule has 1 saturated heterocycles. The molecule has 2 amide bonds. The fourth-order valence-corrected chi connectivity index (χ4v) is 3.87. The highest BCUT2D eigenvalue weighted by Gasteiger charge is 2.48. The third-order valence-electron chi connectivity index (χ3n) is 5.34. The van der Waals surface area contributed by atoms with Gasteiger partial charge in [-0.25, -0.2) is 4.79 Å². The minimum atomic E-state index is -0.248. The van der Waals surface area contributed by atoms with Crippen molar-refractivity contribution in [3.05, 3.63) is 0 Å². The van der Waals surface area contributed by atoms with Gasteiger partial charge in [-0.1, -0.05) is 32.1 Å². The highest BCUT2D eigenvalue weighted by Crippen LogP contribution is 2.50. The summed E-state index contributed by atoms with van der Waals surface area (Å²) in [5, 5.41) is 0. The summed E-state index contributed by atoms with van der Waals surface area (Å²) < 4.78 is 4.90. The Morgan fingerprint density at radius 2 is 2.10 bits per heavy atom. The zero-order chi connectivity index (χ0) is 14.8. The van der Waals surface area contributed by atoms with Crippen LogP contribution >= 0.6 is 0 Å². The van der Waals surface area contributed by atoms with E-state index in [0.29, 0.717) is 32.2 Å². The SMILES string of the molecule is CN(CCN1CCOC1=O)C(=O)[C@@H]1C[C@@H]1C1CCCCC1. The molecule has 0 bridgehead atoms. The first-order valence-corrected chi connectivity index (χ1v) is 8.33. The molecule has 1 heterocycles. The van der Waals surface area contributed by atoms with Crippen molar-refractivity contribution in [1.82, 2.24) is 9.80 Å². The van der Waals surface area contributed by atoms with E-state index < -0.39 is 0 Å². The summed E-state index contributed by atoms with van der Waals surface area (Å²) in [6.45, 7) is 2.32. The van der Waals surface area contributed by atoms with Gasteiger partial charge >= 0.3 is 6.09 Å². The molecule has 0 unspecified atom stereocenters. The third kappa shape index (κ3) is 3.33. The molecule has 0 aromatic carbocycles. The predicted octanol–water partition coefficient (Wildman–Crippen LogP) is 2.11. The number of hydrogen-bond donors (Lipinski definition) is 0. The van der Waals surface area contributed by atoms with Gasteiger partial charge in [0, 0.05) is 26.1 Å². The number of carbonyl (C=O) groups excluding carboxylic acids is 2. The summed E-state index contributed by atoms with van der Waals surface area (Å²) in [5.41, 5.74) is 0. The van der Waals surface area contributed by atoms with Crippen LogP contribution in [0.15, 0.2) is 0 Å². The molecule has 0 spiro atoms. The third-order valence-corrected chi connectivity index (χ3v) is 5.34. The van der Waals surface area contributed by atoms with E-state index in [2.05, 4.69) is 0 Å². The van der Waals surface area contributed by atoms with Gasteiger partial charge < -0.3 is 14.5 Å². The summed E-state index contributed by atoms with van der Waals surface area (Å²) in [7, 11) is 1.86. The first-order chi connectivity index (χ1) is 10.2. The Morgan fingerprint density at radius 1 is 1.33 bits per heavy atom. The Labute approximate surface area is 126 Å². The average molecular weight is 294 g/mol. The Balaban J connectivity index is 1.42. The van der Waals surface area contributed by atoms with Crippen LogP contribution in [0, 0.1) is 17.8 Å². The van der Waals surface area contributed by atoms with Gasteiger partial charge in [0.1, 0.15) is 6.61 Å². The standard InChI is InChI=1S/C16H26N2O3/c1-17(7-8-18-9-10-21-16(18)20)15(19)14-11-13(14)12-5-3-2-4-6-12/h12-14H,2-11H2,1H3/t13-,14-/m1/s1. The smallest absolute Gasteiger partial charge is 0.409 e. The Morgan fingerprint density at radius 3 is 2.76 bits per heavy atom. The van der Waals surface area contributed by atoms with Gasteiger partial charge in [0.05, 0.1) is 6.54 Å². The Bertz CT molecular complexity index is 406. The largest absolute Gasteiger partial charge is 0.448 e. The highest BCUT2D eigenvalue weighted by molar-refractivity contribution is 5.81. The first kappa shape index (κ1) is 14.7. The predicted molar refractivity (Wildman–Crippen MR) is 78.7 cm³/mol. The number of hydrogen-bond acceptors (Lipinski definition) is 3. The van der Waals surface area contributed by atoms with Crippen molar-refractivity contribution in [2.24, 2.45) is 17.8 Å². The van der Waals surface area contributed by atoms with Crippen molar-refractivity contribution in [3.63, 3.8) is 0 Å². The summed E-state index contributed by atoms with van der Waals surface area (Å²) in [6, 6.07) is 0. The van der Waals surface area contributed by atoms with E-state index in [1.54, 1.807) is 9.80 Å². The fraction of sp³-hybridized carbons (Fsp3) is 0.875. The highest BCUT2D eigenvalue weighted by atomic mass is 16.6. The topological polar surface area (TPSA) is 49.9 Å². The van der Waals surface area contributed by atoms with Crippen molar-refractivity contribution in [3.8, 4) is 0 Å². The minimum Gasteiger partial charge on any atom is -0.448 e. The number of cyclic esters (lactones) is 1. The summed E-state index contributed by atoms with van der Waals surface area (Å²) >= 11 is 0. The van der Waals surface area contributed by atoms with Gasteiger partial charge in [0.15, 0.2) is 0 Å². The molecule has 0 aromatic heterocycles. The zero-order valence-electron chi connectivity index (χ0n) is 12.9. The lowest BCUT2D eigenvalue weighted by Crippen LogP contribution is -2.37. The lowest BCUT2D eigenvalue weighted by Gasteiger charge is -2.23. The number of carbonyl (C=O) groups is 2. The van der Waals surface area contributed by atoms with Crippen LogP contribution in [0.2, 0.25) is 0 Å². The van der Waals surface area contributed by atoms with Crippen molar-refractivity contribution >= 4 is 12.0 Å². The molecule has 2 atom stereocenters. The molecule has 2 aliphatic carbocycles. The van der Waals surface area contributed by atoms with Crippen LogP contribution < -0.4 is 0 Å². The van der Waals surface area contributed by atoms with Crippen LogP contribution in [-0.4, -0.2) is 55.1 Å². The van der Waals surface area contributed by atoms with Gasteiger partial charge in [-0.05, 0) is 18.3 Å². The van der Waals surface area contributed by atoms with Crippen LogP contribution in [0.25, 0.3) is 0 Å². The van der Waals surface area contributed by atoms with Crippen molar-refractivity contribution in [2.45, 2.75) is 38.5 Å². The molecule has 3 fully saturated rings. The van der Waals surface area contributed by atoms with E-state index in [0.717, 1.165) is 12.3 Å². The fourth-order valence-electron chi connectivity index (χ4n) is 3.87. The summed E-state index contributed by atoms with van der Waals surface area (Å²) in [5.74, 6) is 1.95. The van der Waals surface area contributed by atoms with Gasteiger partial charge in [-0.3, -0.25) is 4.79 Å². The molecule has 118 valence electrons. The van der Waals surface area contributed by atoms with Gasteiger partial charge in [-0.2, -0.15) is 0 Å². The Kier molecular flexibility index (Phi) is 4.36. The number of ether oxygens (including phenoxy) is 1. The summed E-state index contributed by atoms with van der Waals surface area (Å²) in [4.78, 5) is 27.3. The number of amides is 2. The number of rotatable bonds is 5. The van der Waals surface area contributed by atoms with Crippen molar-refractivity contribution in [1.29, 1.82) is 0 Å². The molecule has 0 N–H and O–H groups in total. The van der Waals surface area contributed by atoms with E-state index in [4.69, 9.17) is 4.74 Å². The molecule has 2 saturated carbocycles. The maximum Gasteiger partial charge on any atom is 0.409 e. The molecule has 5 nitrogen and oxygen atoms in total. The van der Waals surface area contributed by atoms with Crippen LogP contribution in [0.1, 0.15) is 38.5 Å². The van der Waals surface area contributed by atoms with Gasteiger partial charge in [0.2, 0.25) is 5.91 Å². The lowest BCUT2D eigenvalue weighted by molar-refractivity contribution is -0.131. The second-order valence-electron chi connectivity index (χ2n) is 6.77. The normalized spacial score (nSPS) is 29.4. The lowest BCUT2D eigenvalue weighted by atomic mass is 9.85. The molecule has 1 aliphatic heterocycles. The molecule has 5 heteroatoms. The maximum atomic E-state index is 12.4. The molecular formula is C16H26N2O3. The van der Waals surface area contributed by atoms with E-state index >= 15 is 0 Å². The monoisotopic (exact) mass is 294 g/mol. The van der Waals surface area contributed by atoms with Crippen LogP contribution in [-0.2, 0) is 9.53 Å². The molecule has 0 radical (unpaired) electrons. The van der Waals surface area contributed by atoms with Crippen LogP contribution in [0.4, 0.5) is 4.79 Å². The van der Waals surface area contributed by atoms with Crippen LogP contribution in [0.5, 0.6) is 0 Å². The van der Waals surface area contributed by atoms with E-state index in [1.807, 2.05) is 7.05 Å². The average Bonchev–Trinajstić information content (AvgIpc) is 3.21. The van der Waals surface area contributed by atoms with Gasteiger partial charge in [-0.15, -0.1) is 0 Å². The molecule has 3 rings (SSSR count). The summed E-state index contributed by atoms with van der Waals surface area (Å²) in [6.07, 6.45) is 7.52. The van der Waals surface area contributed by atoms with E-state index in [-0.39, 0.29) is 17.9 Å². The molecule has 21 heavy (non-hydrogen) atoms. The van der Waals surface area contributed by atoms with Crippen molar-refractivity contribution < 1.29 is 14.3 Å². The maximum absolute atomic E-state index is 12.4. The van der Waals surface area contributed by atoms with E-state index in [9.17, 15) is 9.59 Å². The Hall–Kier alpha value is -1.26. The van der Waals surface area contributed by atoms with Gasteiger partial charge in [0.25, 0.3) is 0 Å². The molecular weight excluding hydrogens is 268 g/mol. The van der Waals surface area contributed by atoms with Crippen molar-refractivity contribution in [2.75, 3.05) is 33.3 Å². The number of nitrogens with zero attached hydrogens (tertiary/aromatic N) is 2. The quantitative estimate of drug-likeness (QED) is 0.780. The number of likely N-dealkylation sites (N-methyl/N-ethyl adjacent to an activating group) is 1. The molecule has 0 aromatic rings. The minimum absolute atomic E-state index is 0.248. The second kappa shape index (κ2) is 6.24. The van der Waals surface area contributed by atoms with E-state index in [1.165, 1.54) is 32.1 Å². The first-order valence-electron chi connectivity index (χ1n) is 8.33. The van der Waals surface area contributed by atoms with Crippen LogP contribution in [0.3, 0.4) is 0 Å².